The highest BCUT2D eigenvalue weighted by atomic mass is 16.2. The molecular formula is C20H28N6O. The third-order valence-electron chi connectivity index (χ3n) is 5.57. The fourth-order valence-corrected chi connectivity index (χ4v) is 3.83. The van der Waals surface area contributed by atoms with Gasteiger partial charge in [0.25, 0.3) is 5.91 Å². The van der Waals surface area contributed by atoms with Crippen LogP contribution in [0.15, 0.2) is 18.5 Å². The predicted molar refractivity (Wildman–Crippen MR) is 104 cm³/mol. The summed E-state index contributed by atoms with van der Waals surface area (Å²) >= 11 is 0. The zero-order chi connectivity index (χ0) is 19.0. The lowest BCUT2D eigenvalue weighted by Crippen LogP contribution is -2.39. The summed E-state index contributed by atoms with van der Waals surface area (Å²) in [7, 11) is 3.72. The molecule has 1 saturated heterocycles. The number of rotatable bonds is 5. The van der Waals surface area contributed by atoms with Crippen molar-refractivity contribution < 1.29 is 4.79 Å². The van der Waals surface area contributed by atoms with Crippen molar-refractivity contribution in [3.63, 3.8) is 0 Å². The van der Waals surface area contributed by atoms with Gasteiger partial charge in [0.05, 0.1) is 11.8 Å². The van der Waals surface area contributed by atoms with Gasteiger partial charge < -0.3 is 9.80 Å². The lowest BCUT2D eigenvalue weighted by molar-refractivity contribution is 0.0765. The van der Waals surface area contributed by atoms with Gasteiger partial charge in [-0.1, -0.05) is 0 Å². The van der Waals surface area contributed by atoms with Crippen molar-refractivity contribution in [3.05, 3.63) is 35.5 Å². The smallest absolute Gasteiger partial charge is 0.256 e. The Bertz CT molecular complexity index is 820. The summed E-state index contributed by atoms with van der Waals surface area (Å²) in [5, 5.41) is 4.09. The van der Waals surface area contributed by atoms with E-state index in [1.807, 2.05) is 19.0 Å². The number of aromatic nitrogens is 4. The van der Waals surface area contributed by atoms with Gasteiger partial charge in [0.2, 0.25) is 0 Å². The van der Waals surface area contributed by atoms with Crippen LogP contribution in [0.5, 0.6) is 0 Å². The predicted octanol–water partition coefficient (Wildman–Crippen LogP) is 2.38. The molecule has 7 heteroatoms. The largest absolute Gasteiger partial charge is 0.356 e. The number of anilines is 1. The first kappa shape index (κ1) is 17.9. The fourth-order valence-electron chi connectivity index (χ4n) is 3.83. The van der Waals surface area contributed by atoms with Crippen LogP contribution in [0, 0.1) is 12.8 Å². The highest BCUT2D eigenvalue weighted by molar-refractivity contribution is 5.93. The third-order valence-corrected chi connectivity index (χ3v) is 5.57. The van der Waals surface area contributed by atoms with Crippen molar-refractivity contribution in [2.45, 2.75) is 38.5 Å². The van der Waals surface area contributed by atoms with Gasteiger partial charge in [-0.3, -0.25) is 9.48 Å². The lowest BCUT2D eigenvalue weighted by Gasteiger charge is -2.34. The number of hydrogen-bond acceptors (Lipinski definition) is 5. The van der Waals surface area contributed by atoms with Gasteiger partial charge in [0.1, 0.15) is 11.6 Å². The van der Waals surface area contributed by atoms with Crippen LogP contribution in [0.4, 0.5) is 5.82 Å². The van der Waals surface area contributed by atoms with E-state index in [4.69, 9.17) is 4.98 Å². The van der Waals surface area contributed by atoms with Crippen LogP contribution < -0.4 is 4.90 Å². The normalized spacial score (nSPS) is 18.0. The number of nitrogens with zero attached hydrogens (tertiary/aromatic N) is 6. The minimum atomic E-state index is 0.0473. The van der Waals surface area contributed by atoms with E-state index in [1.165, 1.54) is 12.8 Å². The summed E-state index contributed by atoms with van der Waals surface area (Å²) in [6, 6.07) is 2.10. The second-order valence-corrected chi connectivity index (χ2v) is 8.02. The summed E-state index contributed by atoms with van der Waals surface area (Å²) in [5.41, 5.74) is 1.72. The molecule has 0 spiro atoms. The van der Waals surface area contributed by atoms with E-state index < -0.39 is 0 Å². The van der Waals surface area contributed by atoms with E-state index in [2.05, 4.69) is 28.0 Å². The molecule has 0 bridgehead atoms. The van der Waals surface area contributed by atoms with Gasteiger partial charge in [-0.2, -0.15) is 5.10 Å². The average molecular weight is 368 g/mol. The molecule has 1 aliphatic heterocycles. The second kappa shape index (κ2) is 7.29. The van der Waals surface area contributed by atoms with Crippen LogP contribution in [0.2, 0.25) is 0 Å². The number of carbonyl (C=O) groups is 1. The fraction of sp³-hybridized carbons (Fsp3) is 0.600. The van der Waals surface area contributed by atoms with Crippen molar-refractivity contribution in [2.75, 3.05) is 31.6 Å². The number of hydrogen-bond donors (Lipinski definition) is 0. The van der Waals surface area contributed by atoms with E-state index in [0.29, 0.717) is 17.4 Å². The first-order chi connectivity index (χ1) is 13.0. The SMILES string of the molecule is Cc1cc(N2CCC(CN(C)C(=O)c3cnn(C)c3)CC2)nc(C2CC2)n1. The molecule has 1 aliphatic carbocycles. The molecule has 2 aliphatic rings. The Balaban J connectivity index is 1.33. The van der Waals surface area contributed by atoms with Gasteiger partial charge in [-0.15, -0.1) is 0 Å². The maximum absolute atomic E-state index is 12.5. The average Bonchev–Trinajstić information content (AvgIpc) is 3.42. The Morgan fingerprint density at radius 3 is 2.59 bits per heavy atom. The molecule has 0 N–H and O–H groups in total. The van der Waals surface area contributed by atoms with Gasteiger partial charge >= 0.3 is 0 Å². The molecule has 1 amide bonds. The summed E-state index contributed by atoms with van der Waals surface area (Å²) in [6.07, 6.45) is 8.01. The van der Waals surface area contributed by atoms with Gasteiger partial charge in [0, 0.05) is 57.6 Å². The maximum atomic E-state index is 12.5. The zero-order valence-corrected chi connectivity index (χ0v) is 16.4. The molecule has 0 radical (unpaired) electrons. The van der Waals surface area contributed by atoms with Gasteiger partial charge in [-0.05, 0) is 38.5 Å². The summed E-state index contributed by atoms with van der Waals surface area (Å²) < 4.78 is 1.67. The van der Waals surface area contributed by atoms with Crippen molar-refractivity contribution >= 4 is 11.7 Å². The molecule has 4 rings (SSSR count). The van der Waals surface area contributed by atoms with Crippen molar-refractivity contribution in [2.24, 2.45) is 13.0 Å². The Kier molecular flexibility index (Phi) is 4.85. The monoisotopic (exact) mass is 368 g/mol. The quantitative estimate of drug-likeness (QED) is 0.811. The molecule has 2 fully saturated rings. The van der Waals surface area contributed by atoms with Crippen molar-refractivity contribution in [3.8, 4) is 0 Å². The van der Waals surface area contributed by atoms with Crippen LogP contribution in [0.3, 0.4) is 0 Å². The molecule has 144 valence electrons. The Labute approximate surface area is 160 Å². The summed E-state index contributed by atoms with van der Waals surface area (Å²) in [4.78, 5) is 26.1. The van der Waals surface area contributed by atoms with E-state index >= 15 is 0 Å². The van der Waals surface area contributed by atoms with Crippen LogP contribution in [-0.4, -0.2) is 57.2 Å². The summed E-state index contributed by atoms with van der Waals surface area (Å²) in [5.74, 6) is 3.24. The van der Waals surface area contributed by atoms with Gasteiger partial charge in [0.15, 0.2) is 0 Å². The van der Waals surface area contributed by atoms with Gasteiger partial charge in [-0.25, -0.2) is 9.97 Å². The van der Waals surface area contributed by atoms with E-state index in [0.717, 1.165) is 49.8 Å². The number of carbonyl (C=O) groups excluding carboxylic acids is 1. The summed E-state index contributed by atoms with van der Waals surface area (Å²) in [6.45, 7) is 4.82. The first-order valence-corrected chi connectivity index (χ1v) is 9.84. The lowest BCUT2D eigenvalue weighted by atomic mass is 9.96. The molecule has 2 aromatic rings. The van der Waals surface area contributed by atoms with Crippen molar-refractivity contribution in [1.82, 2.24) is 24.6 Å². The molecule has 7 nitrogen and oxygen atoms in total. The molecule has 3 heterocycles. The van der Waals surface area contributed by atoms with Crippen LogP contribution in [-0.2, 0) is 7.05 Å². The van der Waals surface area contributed by atoms with E-state index in [9.17, 15) is 4.79 Å². The molecule has 2 aromatic heterocycles. The molecule has 27 heavy (non-hydrogen) atoms. The van der Waals surface area contributed by atoms with Crippen molar-refractivity contribution in [1.29, 1.82) is 0 Å². The standard InChI is InChI=1S/C20H28N6O/c1-14-10-18(23-19(22-14)16-4-5-16)26-8-6-15(7-9-26)12-24(2)20(27)17-11-21-25(3)13-17/h10-11,13,15-16H,4-9,12H2,1-3H3. The maximum Gasteiger partial charge on any atom is 0.256 e. The Morgan fingerprint density at radius 1 is 1.22 bits per heavy atom. The highest BCUT2D eigenvalue weighted by Gasteiger charge is 2.29. The minimum Gasteiger partial charge on any atom is -0.356 e. The topological polar surface area (TPSA) is 67.2 Å². The molecular weight excluding hydrogens is 340 g/mol. The van der Waals surface area contributed by atoms with Crippen LogP contribution >= 0.6 is 0 Å². The third kappa shape index (κ3) is 4.12. The number of piperidine rings is 1. The van der Waals surface area contributed by atoms with Crippen LogP contribution in [0.25, 0.3) is 0 Å². The highest BCUT2D eigenvalue weighted by Crippen LogP contribution is 2.38. The van der Waals surface area contributed by atoms with E-state index in [1.54, 1.807) is 17.1 Å². The van der Waals surface area contributed by atoms with E-state index in [-0.39, 0.29) is 5.91 Å². The molecule has 0 aromatic carbocycles. The number of aryl methyl sites for hydroxylation is 2. The molecule has 0 unspecified atom stereocenters. The minimum absolute atomic E-state index is 0.0473. The molecule has 0 atom stereocenters. The zero-order valence-electron chi connectivity index (χ0n) is 16.4. The Hall–Kier alpha value is -2.44. The molecule has 1 saturated carbocycles. The first-order valence-electron chi connectivity index (χ1n) is 9.84. The number of amides is 1. The van der Waals surface area contributed by atoms with Crippen LogP contribution in [0.1, 0.15) is 53.5 Å². The second-order valence-electron chi connectivity index (χ2n) is 8.02. The Morgan fingerprint density at radius 2 is 1.96 bits per heavy atom.